The molecule has 1 aliphatic rings. The number of rotatable bonds is 3. The van der Waals surface area contributed by atoms with E-state index < -0.39 is 4.92 Å². The Kier molecular flexibility index (Phi) is 5.33. The third-order valence-corrected chi connectivity index (χ3v) is 6.72. The summed E-state index contributed by atoms with van der Waals surface area (Å²) >= 11 is 13.8. The van der Waals surface area contributed by atoms with Crippen molar-refractivity contribution in [3.05, 3.63) is 61.6 Å². The molecule has 150 valence electrons. The van der Waals surface area contributed by atoms with Crippen molar-refractivity contribution in [1.82, 2.24) is 9.88 Å². The van der Waals surface area contributed by atoms with Crippen molar-refractivity contribution in [2.45, 2.75) is 6.92 Å². The number of amides is 1. The molecule has 1 aromatic heterocycles. The van der Waals surface area contributed by atoms with E-state index in [-0.39, 0.29) is 17.2 Å². The molecule has 2 heterocycles. The zero-order valence-electron chi connectivity index (χ0n) is 15.4. The summed E-state index contributed by atoms with van der Waals surface area (Å²) in [6, 6.07) is 7.85. The maximum atomic E-state index is 12.9. The maximum absolute atomic E-state index is 12.9. The minimum Gasteiger partial charge on any atom is -0.345 e. The van der Waals surface area contributed by atoms with Crippen LogP contribution in [0, 0.1) is 17.0 Å². The zero-order chi connectivity index (χ0) is 20.7. The average Bonchev–Trinajstić information content (AvgIpc) is 3.17. The van der Waals surface area contributed by atoms with Gasteiger partial charge in [-0.2, -0.15) is 0 Å². The molecule has 1 fully saturated rings. The molecule has 0 atom stereocenters. The summed E-state index contributed by atoms with van der Waals surface area (Å²) in [6.45, 7) is 4.03. The second kappa shape index (κ2) is 7.78. The first-order valence-electron chi connectivity index (χ1n) is 8.89. The number of aromatic nitrogens is 1. The van der Waals surface area contributed by atoms with E-state index in [0.717, 1.165) is 20.9 Å². The first kappa shape index (κ1) is 19.9. The first-order valence-corrected chi connectivity index (χ1v) is 10.5. The number of nitro benzene ring substituents is 1. The smallest absolute Gasteiger partial charge is 0.282 e. The molecule has 0 aliphatic carbocycles. The lowest BCUT2D eigenvalue weighted by Gasteiger charge is -2.34. The monoisotopic (exact) mass is 450 g/mol. The van der Waals surface area contributed by atoms with E-state index in [1.54, 1.807) is 4.90 Å². The van der Waals surface area contributed by atoms with E-state index in [1.165, 1.54) is 29.5 Å². The van der Waals surface area contributed by atoms with Gasteiger partial charge in [0.2, 0.25) is 0 Å². The molecule has 7 nitrogen and oxygen atoms in total. The van der Waals surface area contributed by atoms with Crippen LogP contribution in [0.1, 0.15) is 15.9 Å². The minimum absolute atomic E-state index is 0.0124. The van der Waals surface area contributed by atoms with Crippen molar-refractivity contribution >= 4 is 61.5 Å². The van der Waals surface area contributed by atoms with E-state index in [2.05, 4.69) is 4.90 Å². The molecule has 1 saturated heterocycles. The lowest BCUT2D eigenvalue weighted by molar-refractivity contribution is -0.385. The Balaban J connectivity index is 1.52. The number of carbonyl (C=O) groups is 1. The Labute approximate surface area is 180 Å². The summed E-state index contributed by atoms with van der Waals surface area (Å²) < 4.78 is 0.953. The summed E-state index contributed by atoms with van der Waals surface area (Å²) in [6.07, 6.45) is 0. The van der Waals surface area contributed by atoms with Crippen LogP contribution in [0.4, 0.5) is 10.8 Å². The number of nitro groups is 1. The van der Waals surface area contributed by atoms with Gasteiger partial charge in [0.25, 0.3) is 11.6 Å². The van der Waals surface area contributed by atoms with E-state index in [1.807, 2.05) is 19.1 Å². The summed E-state index contributed by atoms with van der Waals surface area (Å²) in [5.41, 5.74) is 1.73. The number of anilines is 1. The number of thiazole rings is 1. The molecular weight excluding hydrogens is 435 g/mol. The lowest BCUT2D eigenvalue weighted by Crippen LogP contribution is -2.48. The third-order valence-electron chi connectivity index (χ3n) is 4.91. The normalized spacial score (nSPS) is 14.4. The second-order valence-electron chi connectivity index (χ2n) is 6.74. The van der Waals surface area contributed by atoms with Gasteiger partial charge in [-0.25, -0.2) is 4.98 Å². The largest absolute Gasteiger partial charge is 0.345 e. The van der Waals surface area contributed by atoms with Gasteiger partial charge in [0, 0.05) is 37.3 Å². The average molecular weight is 451 g/mol. The van der Waals surface area contributed by atoms with E-state index in [4.69, 9.17) is 28.2 Å². The highest BCUT2D eigenvalue weighted by Crippen LogP contribution is 2.36. The number of benzene rings is 2. The van der Waals surface area contributed by atoms with Crippen molar-refractivity contribution in [3.8, 4) is 0 Å². The van der Waals surface area contributed by atoms with Crippen molar-refractivity contribution in [2.75, 3.05) is 31.1 Å². The van der Waals surface area contributed by atoms with Gasteiger partial charge in [0.15, 0.2) is 5.13 Å². The summed E-state index contributed by atoms with van der Waals surface area (Å²) in [4.78, 5) is 32.0. The Morgan fingerprint density at radius 1 is 1.17 bits per heavy atom. The SMILES string of the molecule is Cc1ccc(Cl)c2sc(N3CCN(C(=O)c4cc(Cl)ccc4[N+](=O)[O-])CC3)nc12. The van der Waals surface area contributed by atoms with E-state index in [0.29, 0.717) is 36.2 Å². The zero-order valence-corrected chi connectivity index (χ0v) is 17.7. The van der Waals surface area contributed by atoms with Gasteiger partial charge >= 0.3 is 0 Å². The number of hydrogen-bond acceptors (Lipinski definition) is 6. The standard InChI is InChI=1S/C19H16Cl2N4O3S/c1-11-2-4-14(21)17-16(11)22-19(29-17)24-8-6-23(7-9-24)18(26)13-10-12(20)3-5-15(13)25(27)28/h2-5,10H,6-9H2,1H3. The van der Waals surface area contributed by atoms with Crippen LogP contribution in [0.15, 0.2) is 30.3 Å². The predicted octanol–water partition coefficient (Wildman–Crippen LogP) is 4.78. The van der Waals surface area contributed by atoms with Crippen LogP contribution in [0.5, 0.6) is 0 Å². The van der Waals surface area contributed by atoms with E-state index in [9.17, 15) is 14.9 Å². The first-order chi connectivity index (χ1) is 13.8. The van der Waals surface area contributed by atoms with Crippen molar-refractivity contribution in [2.24, 2.45) is 0 Å². The number of piperazine rings is 1. The highest BCUT2D eigenvalue weighted by Gasteiger charge is 2.29. The number of nitrogens with zero attached hydrogens (tertiary/aromatic N) is 4. The van der Waals surface area contributed by atoms with Crippen molar-refractivity contribution in [3.63, 3.8) is 0 Å². The van der Waals surface area contributed by atoms with Gasteiger partial charge in [-0.1, -0.05) is 40.6 Å². The minimum atomic E-state index is -0.562. The molecule has 0 unspecified atom stereocenters. The van der Waals surface area contributed by atoms with Crippen LogP contribution in [-0.4, -0.2) is 46.9 Å². The number of hydrogen-bond donors (Lipinski definition) is 0. The molecule has 0 spiro atoms. The second-order valence-corrected chi connectivity index (χ2v) is 8.56. The molecule has 10 heteroatoms. The fourth-order valence-corrected chi connectivity index (χ4v) is 4.88. The highest BCUT2D eigenvalue weighted by molar-refractivity contribution is 7.22. The third kappa shape index (κ3) is 3.75. The van der Waals surface area contributed by atoms with Crippen LogP contribution >= 0.6 is 34.5 Å². The molecule has 1 aliphatic heterocycles. The van der Waals surface area contributed by atoms with Crippen LogP contribution < -0.4 is 4.90 Å². The summed E-state index contributed by atoms with van der Waals surface area (Å²) in [7, 11) is 0. The number of halogens is 2. The van der Waals surface area contributed by atoms with Crippen LogP contribution in [0.3, 0.4) is 0 Å². The molecule has 0 radical (unpaired) electrons. The van der Waals surface area contributed by atoms with Crippen LogP contribution in [-0.2, 0) is 0 Å². The predicted molar refractivity (Wildman–Crippen MR) is 116 cm³/mol. The molecule has 0 bridgehead atoms. The lowest BCUT2D eigenvalue weighted by atomic mass is 10.1. The molecule has 1 amide bonds. The van der Waals surface area contributed by atoms with Crippen molar-refractivity contribution in [1.29, 1.82) is 0 Å². The van der Waals surface area contributed by atoms with Crippen molar-refractivity contribution < 1.29 is 9.72 Å². The molecule has 0 saturated carbocycles. The molecule has 3 aromatic rings. The number of fused-ring (bicyclic) bond motifs is 1. The number of carbonyl (C=O) groups excluding carboxylic acids is 1. The van der Waals surface area contributed by atoms with Gasteiger partial charge in [0.1, 0.15) is 5.56 Å². The molecule has 4 rings (SSSR count). The van der Waals surface area contributed by atoms with Gasteiger partial charge in [-0.3, -0.25) is 14.9 Å². The molecule has 2 aromatic carbocycles. The molecule has 0 N–H and O–H groups in total. The fourth-order valence-electron chi connectivity index (χ4n) is 3.34. The molecular formula is C19H16Cl2N4O3S. The van der Waals surface area contributed by atoms with Gasteiger partial charge in [-0.05, 0) is 30.7 Å². The Morgan fingerprint density at radius 3 is 2.55 bits per heavy atom. The maximum Gasteiger partial charge on any atom is 0.282 e. The fraction of sp³-hybridized carbons (Fsp3) is 0.263. The van der Waals surface area contributed by atoms with Crippen LogP contribution in [0.2, 0.25) is 10.0 Å². The van der Waals surface area contributed by atoms with E-state index >= 15 is 0 Å². The highest BCUT2D eigenvalue weighted by atomic mass is 35.5. The topological polar surface area (TPSA) is 79.6 Å². The van der Waals surface area contributed by atoms with Crippen LogP contribution in [0.25, 0.3) is 10.2 Å². The van der Waals surface area contributed by atoms with Gasteiger partial charge in [0.05, 0.1) is 20.2 Å². The summed E-state index contributed by atoms with van der Waals surface area (Å²) in [5, 5.41) is 13.1. The van der Waals surface area contributed by atoms with Gasteiger partial charge < -0.3 is 9.80 Å². The Morgan fingerprint density at radius 2 is 1.90 bits per heavy atom. The Bertz CT molecular complexity index is 1090. The van der Waals surface area contributed by atoms with Gasteiger partial charge in [-0.15, -0.1) is 0 Å². The summed E-state index contributed by atoms with van der Waals surface area (Å²) in [5.74, 6) is -0.387. The number of aryl methyl sites for hydroxylation is 1. The quantitative estimate of drug-likeness (QED) is 0.423. The molecule has 29 heavy (non-hydrogen) atoms. The Hall–Kier alpha value is -2.42.